The molecule has 1 aromatic carbocycles. The molecule has 0 saturated carbocycles. The summed E-state index contributed by atoms with van der Waals surface area (Å²) in [6.45, 7) is 7.96. The number of nitriles is 1. The van der Waals surface area contributed by atoms with E-state index in [1.807, 2.05) is 33.1 Å². The zero-order valence-electron chi connectivity index (χ0n) is 12.6. The Hall–Kier alpha value is -2.00. The third kappa shape index (κ3) is 4.80. The second-order valence-corrected chi connectivity index (χ2v) is 6.25. The van der Waals surface area contributed by atoms with Crippen LogP contribution in [0.3, 0.4) is 0 Å². The van der Waals surface area contributed by atoms with Gasteiger partial charge in [0.25, 0.3) is 0 Å². The highest BCUT2D eigenvalue weighted by Gasteiger charge is 2.29. The molecule has 21 heavy (non-hydrogen) atoms. The summed E-state index contributed by atoms with van der Waals surface area (Å²) in [6, 6.07) is 6.76. The summed E-state index contributed by atoms with van der Waals surface area (Å²) in [7, 11) is 0. The van der Waals surface area contributed by atoms with Crippen LogP contribution in [0.1, 0.15) is 27.7 Å². The average Bonchev–Trinajstić information content (AvgIpc) is 2.40. The highest BCUT2D eigenvalue weighted by Crippen LogP contribution is 2.19. The molecule has 0 heterocycles. The van der Waals surface area contributed by atoms with Gasteiger partial charge in [-0.15, -0.1) is 0 Å². The highest BCUT2D eigenvalue weighted by molar-refractivity contribution is 8.03. The third-order valence-corrected chi connectivity index (χ3v) is 3.44. The summed E-state index contributed by atoms with van der Waals surface area (Å²) >= 11 is 1.04. The Kier molecular flexibility index (Phi) is 5.79. The van der Waals surface area contributed by atoms with Crippen molar-refractivity contribution in [2.45, 2.75) is 38.1 Å². The SMILES string of the molecule is CCN(C(=O)C(=O)Nc1ccc(SC#N)cc1)C(C)(C)C. The maximum absolute atomic E-state index is 12.2. The Morgan fingerprint density at radius 2 is 1.86 bits per heavy atom. The molecule has 0 unspecified atom stereocenters. The van der Waals surface area contributed by atoms with Crippen LogP contribution >= 0.6 is 11.8 Å². The lowest BCUT2D eigenvalue weighted by atomic mass is 10.1. The molecular weight excluding hydrogens is 286 g/mol. The summed E-state index contributed by atoms with van der Waals surface area (Å²) in [5, 5.41) is 13.1. The van der Waals surface area contributed by atoms with E-state index in [0.717, 1.165) is 16.7 Å². The minimum absolute atomic E-state index is 0.406. The van der Waals surface area contributed by atoms with Crippen LogP contribution in [0, 0.1) is 10.7 Å². The zero-order chi connectivity index (χ0) is 16.0. The topological polar surface area (TPSA) is 73.2 Å². The molecule has 0 radical (unpaired) electrons. The van der Waals surface area contributed by atoms with Crippen molar-refractivity contribution in [3.63, 3.8) is 0 Å². The first-order chi connectivity index (χ1) is 9.79. The van der Waals surface area contributed by atoms with E-state index < -0.39 is 17.4 Å². The molecule has 0 bridgehead atoms. The molecule has 0 fully saturated rings. The number of hydrogen-bond donors (Lipinski definition) is 1. The predicted molar refractivity (Wildman–Crippen MR) is 83.7 cm³/mol. The number of nitrogens with one attached hydrogen (secondary N) is 1. The van der Waals surface area contributed by atoms with Gasteiger partial charge >= 0.3 is 11.8 Å². The fraction of sp³-hybridized carbons (Fsp3) is 0.400. The van der Waals surface area contributed by atoms with Gasteiger partial charge in [0, 0.05) is 22.7 Å². The van der Waals surface area contributed by atoms with Gasteiger partial charge in [0.1, 0.15) is 5.40 Å². The van der Waals surface area contributed by atoms with E-state index in [1.54, 1.807) is 24.3 Å². The standard InChI is InChI=1S/C15H19N3O2S/c1-5-18(15(2,3)4)14(20)13(19)17-11-6-8-12(9-7-11)21-10-16/h6-9H,5H2,1-4H3,(H,17,19). The van der Waals surface area contributed by atoms with Crippen molar-refractivity contribution >= 4 is 29.3 Å². The van der Waals surface area contributed by atoms with Gasteiger partial charge < -0.3 is 10.2 Å². The molecule has 1 N–H and O–H groups in total. The summed E-state index contributed by atoms with van der Waals surface area (Å²) < 4.78 is 0. The van der Waals surface area contributed by atoms with Crippen LogP contribution in [0.2, 0.25) is 0 Å². The summed E-state index contributed by atoms with van der Waals surface area (Å²) in [4.78, 5) is 26.5. The van der Waals surface area contributed by atoms with Crippen LogP contribution < -0.4 is 5.32 Å². The van der Waals surface area contributed by atoms with Crippen LogP contribution in [0.25, 0.3) is 0 Å². The van der Waals surface area contributed by atoms with E-state index in [9.17, 15) is 9.59 Å². The van der Waals surface area contributed by atoms with E-state index >= 15 is 0 Å². The quantitative estimate of drug-likeness (QED) is 0.529. The fourth-order valence-corrected chi connectivity index (χ4v) is 2.27. The van der Waals surface area contributed by atoms with E-state index in [1.165, 1.54) is 4.90 Å². The van der Waals surface area contributed by atoms with Gasteiger partial charge in [0.2, 0.25) is 0 Å². The Morgan fingerprint density at radius 1 is 1.29 bits per heavy atom. The van der Waals surface area contributed by atoms with Gasteiger partial charge in [0.05, 0.1) is 0 Å². The molecule has 0 saturated heterocycles. The molecule has 1 aromatic rings. The van der Waals surface area contributed by atoms with Gasteiger partial charge in [-0.05, 0) is 63.7 Å². The van der Waals surface area contributed by atoms with Crippen molar-refractivity contribution in [2.24, 2.45) is 0 Å². The minimum atomic E-state index is -0.660. The molecule has 0 aliphatic carbocycles. The number of likely N-dealkylation sites (N-methyl/N-ethyl adjacent to an activating group) is 1. The number of amides is 2. The lowest BCUT2D eigenvalue weighted by Gasteiger charge is -2.34. The van der Waals surface area contributed by atoms with Crippen molar-refractivity contribution < 1.29 is 9.59 Å². The molecule has 0 atom stereocenters. The molecule has 112 valence electrons. The first kappa shape index (κ1) is 17.1. The van der Waals surface area contributed by atoms with Crippen molar-refractivity contribution in [2.75, 3.05) is 11.9 Å². The number of anilines is 1. The smallest absolute Gasteiger partial charge is 0.313 e. The van der Waals surface area contributed by atoms with Crippen molar-refractivity contribution in [1.29, 1.82) is 5.26 Å². The van der Waals surface area contributed by atoms with Crippen molar-refractivity contribution in [3.8, 4) is 5.40 Å². The highest BCUT2D eigenvalue weighted by atomic mass is 32.2. The normalized spacial score (nSPS) is 10.6. The summed E-state index contributed by atoms with van der Waals surface area (Å²) in [5.41, 5.74) is 0.122. The van der Waals surface area contributed by atoms with Gasteiger partial charge in [-0.25, -0.2) is 0 Å². The second-order valence-electron chi connectivity index (χ2n) is 5.39. The Bertz CT molecular complexity index is 556. The van der Waals surface area contributed by atoms with Gasteiger partial charge in [-0.1, -0.05) is 0 Å². The second kappa shape index (κ2) is 7.14. The largest absolute Gasteiger partial charge is 0.330 e. The molecule has 0 spiro atoms. The average molecular weight is 305 g/mol. The zero-order valence-corrected chi connectivity index (χ0v) is 13.5. The number of thioether (sulfide) groups is 1. The molecule has 0 aromatic heterocycles. The molecular formula is C15H19N3O2S. The van der Waals surface area contributed by atoms with Gasteiger partial charge in [-0.2, -0.15) is 5.26 Å². The van der Waals surface area contributed by atoms with Crippen molar-refractivity contribution in [3.05, 3.63) is 24.3 Å². The van der Waals surface area contributed by atoms with Crippen LogP contribution in [-0.4, -0.2) is 28.8 Å². The van der Waals surface area contributed by atoms with Crippen LogP contribution in [0.4, 0.5) is 5.69 Å². The molecule has 5 nitrogen and oxygen atoms in total. The molecule has 0 aliphatic heterocycles. The minimum Gasteiger partial charge on any atom is -0.330 e. The number of carbonyl (C=O) groups excluding carboxylic acids is 2. The lowest BCUT2D eigenvalue weighted by molar-refractivity contribution is -0.146. The molecule has 0 aliphatic rings. The number of benzene rings is 1. The van der Waals surface area contributed by atoms with Crippen LogP contribution in [0.5, 0.6) is 0 Å². The predicted octanol–water partition coefficient (Wildman–Crippen LogP) is 2.85. The van der Waals surface area contributed by atoms with E-state index in [4.69, 9.17) is 5.26 Å². The van der Waals surface area contributed by atoms with Crippen LogP contribution in [0.15, 0.2) is 29.2 Å². The van der Waals surface area contributed by atoms with Gasteiger partial charge in [0.15, 0.2) is 0 Å². The summed E-state index contributed by atoms with van der Waals surface area (Å²) in [5.74, 6) is -1.21. The number of carbonyl (C=O) groups is 2. The summed E-state index contributed by atoms with van der Waals surface area (Å²) in [6.07, 6.45) is 0. The Balaban J connectivity index is 2.76. The van der Waals surface area contributed by atoms with E-state index in [2.05, 4.69) is 5.32 Å². The Morgan fingerprint density at radius 3 is 2.29 bits per heavy atom. The maximum atomic E-state index is 12.2. The van der Waals surface area contributed by atoms with Crippen LogP contribution in [-0.2, 0) is 9.59 Å². The first-order valence-corrected chi connectivity index (χ1v) is 7.40. The number of nitrogens with zero attached hydrogens (tertiary/aromatic N) is 2. The van der Waals surface area contributed by atoms with E-state index in [0.29, 0.717) is 12.2 Å². The first-order valence-electron chi connectivity index (χ1n) is 6.58. The monoisotopic (exact) mass is 305 g/mol. The van der Waals surface area contributed by atoms with E-state index in [-0.39, 0.29) is 0 Å². The lowest BCUT2D eigenvalue weighted by Crippen LogP contribution is -2.49. The number of hydrogen-bond acceptors (Lipinski definition) is 4. The third-order valence-electron chi connectivity index (χ3n) is 2.84. The van der Waals surface area contributed by atoms with Gasteiger partial charge in [-0.3, -0.25) is 9.59 Å². The number of rotatable bonds is 3. The number of thiocyanates is 1. The Labute approximate surface area is 129 Å². The molecule has 2 amide bonds. The molecule has 1 rings (SSSR count). The van der Waals surface area contributed by atoms with Crippen molar-refractivity contribution in [1.82, 2.24) is 4.90 Å². The maximum Gasteiger partial charge on any atom is 0.313 e. The molecule has 6 heteroatoms. The fourth-order valence-electron chi connectivity index (χ4n) is 1.89.